The molecule has 0 saturated carbocycles. The summed E-state index contributed by atoms with van der Waals surface area (Å²) in [5.74, 6) is -3.10. The number of nitrogens with zero attached hydrogens (tertiary/aromatic N) is 1. The van der Waals surface area contributed by atoms with Crippen LogP contribution in [0.5, 0.6) is 0 Å². The van der Waals surface area contributed by atoms with Crippen LogP contribution in [0.1, 0.15) is 72.6 Å². The van der Waals surface area contributed by atoms with E-state index in [-0.39, 0.29) is 24.0 Å². The summed E-state index contributed by atoms with van der Waals surface area (Å²) in [6.45, 7) is 6.61. The summed E-state index contributed by atoms with van der Waals surface area (Å²) in [4.78, 5) is 28.7. The summed E-state index contributed by atoms with van der Waals surface area (Å²) in [6.07, 6.45) is 3.70. The number of halogens is 2. The minimum absolute atomic E-state index is 0.0717. The van der Waals surface area contributed by atoms with E-state index in [4.69, 9.17) is 4.74 Å². The minimum Gasteiger partial charge on any atom is -0.460 e. The van der Waals surface area contributed by atoms with Gasteiger partial charge in [0.25, 0.3) is 11.8 Å². The Balaban J connectivity index is 1.22. The predicted molar refractivity (Wildman–Crippen MR) is 179 cm³/mol. The molecule has 0 aliphatic carbocycles. The Kier molecular flexibility index (Phi) is 10.4. The molecule has 1 fully saturated rings. The number of carbonyl (C=O) groups is 2. The number of allylic oxidation sites excluding steroid dienone is 1. The molecule has 1 heterocycles. The van der Waals surface area contributed by atoms with Crippen molar-refractivity contribution in [3.8, 4) is 11.1 Å². The molecule has 5 rings (SSSR count). The number of likely N-dealkylation sites (tertiary alicyclic amines) is 1. The van der Waals surface area contributed by atoms with Crippen LogP contribution in [0.15, 0.2) is 115 Å². The largest absolute Gasteiger partial charge is 0.460 e. The molecule has 4 aromatic carbocycles. The fourth-order valence-electron chi connectivity index (χ4n) is 5.90. The highest BCUT2D eigenvalue weighted by Crippen LogP contribution is 2.34. The highest BCUT2D eigenvalue weighted by Gasteiger charge is 2.32. The second-order valence-electron chi connectivity index (χ2n) is 12.1. The van der Waals surface area contributed by atoms with Crippen LogP contribution >= 0.6 is 0 Å². The van der Waals surface area contributed by atoms with Gasteiger partial charge in [-0.25, -0.2) is 13.6 Å². The third kappa shape index (κ3) is 8.15. The first-order chi connectivity index (χ1) is 22.1. The summed E-state index contributed by atoms with van der Waals surface area (Å²) in [5.41, 5.74) is 5.65. The lowest BCUT2D eigenvalue weighted by Gasteiger charge is -2.36. The SMILES string of the molecule is CC(C)=CCOC(=O)C(c1ccccc1)N1CCC(c2ccc(NC(=O)c3ccccc3-c3ccc(C(C)(F)F)cc3)cc2)CC1. The van der Waals surface area contributed by atoms with Crippen molar-refractivity contribution in [2.75, 3.05) is 25.0 Å². The lowest BCUT2D eigenvalue weighted by molar-refractivity contribution is -0.149. The van der Waals surface area contributed by atoms with Crippen LogP contribution in [0.2, 0.25) is 0 Å². The molecule has 0 aromatic heterocycles. The minimum atomic E-state index is -2.93. The molecule has 1 aliphatic rings. The van der Waals surface area contributed by atoms with Crippen molar-refractivity contribution in [3.63, 3.8) is 0 Å². The average molecular weight is 623 g/mol. The Bertz CT molecular complexity index is 1650. The van der Waals surface area contributed by atoms with Crippen LogP contribution in [-0.2, 0) is 15.5 Å². The monoisotopic (exact) mass is 622 g/mol. The quantitative estimate of drug-likeness (QED) is 0.142. The predicted octanol–water partition coefficient (Wildman–Crippen LogP) is 9.15. The van der Waals surface area contributed by atoms with Gasteiger partial charge in [0.05, 0.1) is 0 Å². The zero-order chi connectivity index (χ0) is 32.7. The lowest BCUT2D eigenvalue weighted by atomic mass is 9.88. The number of carbonyl (C=O) groups excluding carboxylic acids is 2. The summed E-state index contributed by atoms with van der Waals surface area (Å²) in [5, 5.41) is 2.99. The molecule has 46 heavy (non-hydrogen) atoms. The van der Waals surface area contributed by atoms with Crippen LogP contribution in [-0.4, -0.2) is 36.5 Å². The Morgan fingerprint density at radius 2 is 1.52 bits per heavy atom. The van der Waals surface area contributed by atoms with Gasteiger partial charge in [-0.15, -0.1) is 0 Å². The van der Waals surface area contributed by atoms with Gasteiger partial charge in [0.2, 0.25) is 0 Å². The summed E-state index contributed by atoms with van der Waals surface area (Å²) in [6, 6.07) is 30.5. The van der Waals surface area contributed by atoms with Gasteiger partial charge >= 0.3 is 5.97 Å². The molecular formula is C39H40F2N2O3. The van der Waals surface area contributed by atoms with Crippen molar-refractivity contribution in [1.82, 2.24) is 4.90 Å². The van der Waals surface area contributed by atoms with Crippen molar-refractivity contribution >= 4 is 17.6 Å². The normalized spacial score (nSPS) is 14.7. The van der Waals surface area contributed by atoms with E-state index < -0.39 is 12.0 Å². The first kappa shape index (κ1) is 32.8. The van der Waals surface area contributed by atoms with Crippen molar-refractivity contribution in [1.29, 1.82) is 0 Å². The van der Waals surface area contributed by atoms with Crippen LogP contribution < -0.4 is 5.32 Å². The summed E-state index contributed by atoms with van der Waals surface area (Å²) >= 11 is 0. The van der Waals surface area contributed by atoms with E-state index in [0.29, 0.717) is 28.3 Å². The first-order valence-corrected chi connectivity index (χ1v) is 15.7. The van der Waals surface area contributed by atoms with E-state index in [1.807, 2.05) is 86.7 Å². The van der Waals surface area contributed by atoms with E-state index in [2.05, 4.69) is 10.2 Å². The number of ether oxygens (including phenoxy) is 1. The standard InChI is InChI=1S/C39H40F2N2O3/c1-27(2)23-26-46-38(45)36(31-9-5-4-6-10-31)43-24-21-29(22-25-43)28-15-19-33(20-16-28)42-37(44)35-12-8-7-11-34(35)30-13-17-32(18-14-30)39(3,40)41/h4-20,23,29,36H,21-22,24-26H2,1-3H3,(H,42,44). The number of esters is 1. The number of rotatable bonds is 10. The van der Waals surface area contributed by atoms with Crippen LogP contribution in [0.3, 0.4) is 0 Å². The maximum atomic E-state index is 13.7. The number of alkyl halides is 2. The van der Waals surface area contributed by atoms with Crippen molar-refractivity contribution in [3.05, 3.63) is 137 Å². The lowest BCUT2D eigenvalue weighted by Crippen LogP contribution is -2.40. The number of hydrogen-bond donors (Lipinski definition) is 1. The van der Waals surface area contributed by atoms with E-state index in [9.17, 15) is 18.4 Å². The molecule has 1 atom stereocenters. The zero-order valence-electron chi connectivity index (χ0n) is 26.5. The first-order valence-electron chi connectivity index (χ1n) is 15.7. The molecule has 1 N–H and O–H groups in total. The van der Waals surface area contributed by atoms with Crippen molar-refractivity contribution in [2.45, 2.75) is 51.5 Å². The van der Waals surface area contributed by atoms with Gasteiger partial charge in [-0.2, -0.15) is 0 Å². The van der Waals surface area contributed by atoms with Gasteiger partial charge in [-0.1, -0.05) is 90.5 Å². The molecule has 1 aliphatic heterocycles. The highest BCUT2D eigenvalue weighted by atomic mass is 19.3. The third-order valence-corrected chi connectivity index (χ3v) is 8.46. The molecule has 1 saturated heterocycles. The van der Waals surface area contributed by atoms with Gasteiger partial charge in [0.1, 0.15) is 12.6 Å². The molecule has 0 radical (unpaired) electrons. The Labute approximate surface area is 269 Å². The number of hydrogen-bond acceptors (Lipinski definition) is 4. The topological polar surface area (TPSA) is 58.6 Å². The number of benzene rings is 4. The maximum absolute atomic E-state index is 13.7. The number of anilines is 1. The van der Waals surface area contributed by atoms with Crippen molar-refractivity contribution < 1.29 is 23.1 Å². The van der Waals surface area contributed by atoms with Crippen LogP contribution in [0.25, 0.3) is 11.1 Å². The molecule has 5 nitrogen and oxygen atoms in total. The molecule has 1 amide bonds. The van der Waals surface area contributed by atoms with Gasteiger partial charge in [0.15, 0.2) is 0 Å². The third-order valence-electron chi connectivity index (χ3n) is 8.46. The Morgan fingerprint density at radius 1 is 0.891 bits per heavy atom. The average Bonchev–Trinajstić information content (AvgIpc) is 3.05. The molecular weight excluding hydrogens is 582 g/mol. The second kappa shape index (κ2) is 14.6. The van der Waals surface area contributed by atoms with E-state index in [1.165, 1.54) is 17.7 Å². The van der Waals surface area contributed by atoms with Crippen molar-refractivity contribution in [2.24, 2.45) is 0 Å². The molecule has 0 spiro atoms. The summed E-state index contributed by atoms with van der Waals surface area (Å²) < 4.78 is 33.0. The van der Waals surface area contributed by atoms with Gasteiger partial charge < -0.3 is 10.1 Å². The smallest absolute Gasteiger partial charge is 0.328 e. The van der Waals surface area contributed by atoms with Gasteiger partial charge in [0, 0.05) is 23.7 Å². The van der Waals surface area contributed by atoms with Gasteiger partial charge in [-0.05, 0) is 92.2 Å². The zero-order valence-corrected chi connectivity index (χ0v) is 26.5. The van der Waals surface area contributed by atoms with Gasteiger partial charge in [-0.3, -0.25) is 9.69 Å². The fraction of sp³-hybridized carbons (Fsp3) is 0.282. The highest BCUT2D eigenvalue weighted by molar-refractivity contribution is 6.08. The Hall–Kier alpha value is -4.62. The second-order valence-corrected chi connectivity index (χ2v) is 12.1. The van der Waals surface area contributed by atoms with E-state index in [1.54, 1.807) is 24.3 Å². The molecule has 4 aromatic rings. The molecule has 1 unspecified atom stereocenters. The van der Waals surface area contributed by atoms with E-state index >= 15 is 0 Å². The number of piperidine rings is 1. The van der Waals surface area contributed by atoms with E-state index in [0.717, 1.165) is 44.0 Å². The summed E-state index contributed by atoms with van der Waals surface area (Å²) in [7, 11) is 0. The van der Waals surface area contributed by atoms with Crippen LogP contribution in [0, 0.1) is 0 Å². The number of nitrogens with one attached hydrogen (secondary N) is 1. The maximum Gasteiger partial charge on any atom is 0.328 e. The molecule has 7 heteroatoms. The van der Waals surface area contributed by atoms with Crippen LogP contribution in [0.4, 0.5) is 14.5 Å². The number of amides is 1. The fourth-order valence-corrected chi connectivity index (χ4v) is 5.90. The Morgan fingerprint density at radius 3 is 2.15 bits per heavy atom. The molecule has 0 bridgehead atoms. The molecule has 238 valence electrons.